The zero-order valence-corrected chi connectivity index (χ0v) is 19.8. The van der Waals surface area contributed by atoms with Crippen molar-refractivity contribution in [1.29, 1.82) is 0 Å². The Labute approximate surface area is 221 Å². The Kier molecular flexibility index (Phi) is 6.60. The Morgan fingerprint density at radius 2 is 1.41 bits per heavy atom. The van der Waals surface area contributed by atoms with Crippen LogP contribution in [0.3, 0.4) is 0 Å². The van der Waals surface area contributed by atoms with Gasteiger partial charge in [0, 0.05) is 12.1 Å². The minimum absolute atomic E-state index is 0.0825. The second-order valence-electron chi connectivity index (χ2n) is 8.25. The van der Waals surface area contributed by atoms with Gasteiger partial charge in [0.15, 0.2) is 28.6 Å². The molecule has 16 heteroatoms. The third-order valence-corrected chi connectivity index (χ3v) is 5.57. The molecule has 2 N–H and O–H groups in total. The van der Waals surface area contributed by atoms with Crippen LogP contribution in [-0.2, 0) is 6.11 Å². The van der Waals surface area contributed by atoms with Gasteiger partial charge in [-0.2, -0.15) is 8.78 Å². The summed E-state index contributed by atoms with van der Waals surface area (Å²) in [5.74, 6) is -10.5. The first kappa shape index (κ1) is 27.2. The predicted molar refractivity (Wildman–Crippen MR) is 125 cm³/mol. The molecule has 2 aromatic heterocycles. The number of hydrogen-bond donors (Lipinski definition) is 2. The van der Waals surface area contributed by atoms with E-state index < -0.39 is 63.8 Å². The number of carbonyl (C=O) groups excluding carboxylic acids is 1. The van der Waals surface area contributed by atoms with E-state index in [2.05, 4.69) is 14.7 Å². The quantitative estimate of drug-likeness (QED) is 0.224. The van der Waals surface area contributed by atoms with Crippen LogP contribution in [0.1, 0.15) is 5.56 Å². The average molecular weight is 580 g/mol. The van der Waals surface area contributed by atoms with E-state index in [-0.39, 0.29) is 40.2 Å². The van der Waals surface area contributed by atoms with Crippen molar-refractivity contribution in [3.8, 4) is 22.6 Å². The molecule has 5 aromatic rings. The average Bonchev–Trinajstić information content (AvgIpc) is 3.31. The fourth-order valence-electron chi connectivity index (χ4n) is 3.75. The van der Waals surface area contributed by atoms with Crippen LogP contribution in [0.15, 0.2) is 64.4 Å². The van der Waals surface area contributed by atoms with E-state index in [9.17, 15) is 45.1 Å². The summed E-state index contributed by atoms with van der Waals surface area (Å²) < 4.78 is 108. The van der Waals surface area contributed by atoms with E-state index in [1.807, 2.05) is 4.98 Å². The molecular weight excluding hydrogens is 569 g/mol. The Morgan fingerprint density at radius 1 is 0.805 bits per heavy atom. The van der Waals surface area contributed by atoms with Crippen molar-refractivity contribution in [2.75, 3.05) is 0 Å². The van der Waals surface area contributed by atoms with Crippen molar-refractivity contribution < 1.29 is 45.0 Å². The van der Waals surface area contributed by atoms with Crippen molar-refractivity contribution in [3.63, 3.8) is 0 Å². The summed E-state index contributed by atoms with van der Waals surface area (Å²) in [5.41, 5.74) is -4.22. The minimum atomic E-state index is -4.76. The Bertz CT molecular complexity index is 1910. The van der Waals surface area contributed by atoms with Crippen molar-refractivity contribution in [2.24, 2.45) is 0 Å². The van der Waals surface area contributed by atoms with Crippen LogP contribution in [-0.4, -0.2) is 25.6 Å². The minimum Gasteiger partial charge on any atom is -0.429 e. The van der Waals surface area contributed by atoms with E-state index in [1.165, 1.54) is 24.3 Å². The summed E-state index contributed by atoms with van der Waals surface area (Å²) in [4.78, 5) is 43.6. The molecule has 5 rings (SSSR count). The van der Waals surface area contributed by atoms with Gasteiger partial charge in [0.25, 0.3) is 5.56 Å². The van der Waals surface area contributed by atoms with Gasteiger partial charge in [0.2, 0.25) is 0 Å². The highest BCUT2D eigenvalue weighted by atomic mass is 19.3. The molecule has 0 amide bonds. The molecule has 0 aliphatic rings. The van der Waals surface area contributed by atoms with Gasteiger partial charge in [-0.1, -0.05) is 12.1 Å². The molecule has 0 fully saturated rings. The van der Waals surface area contributed by atoms with Gasteiger partial charge in [0.1, 0.15) is 35.0 Å². The second kappa shape index (κ2) is 9.96. The number of halogens is 7. The third-order valence-electron chi connectivity index (χ3n) is 5.57. The molecule has 0 atom stereocenters. The zero-order chi connectivity index (χ0) is 29.6. The zero-order valence-electron chi connectivity index (χ0n) is 19.8. The van der Waals surface area contributed by atoms with E-state index >= 15 is 0 Å². The monoisotopic (exact) mass is 580 g/mol. The fraction of sp³-hybridized carbons (Fsp3) is 0.0400. The molecule has 0 saturated heterocycles. The lowest BCUT2D eigenvalue weighted by atomic mass is 10.0. The van der Waals surface area contributed by atoms with Crippen molar-refractivity contribution in [1.82, 2.24) is 19.5 Å². The van der Waals surface area contributed by atoms with Gasteiger partial charge in [-0.25, -0.2) is 41.1 Å². The van der Waals surface area contributed by atoms with Crippen LogP contribution in [0, 0.1) is 29.1 Å². The lowest BCUT2D eigenvalue weighted by Gasteiger charge is -2.20. The fourth-order valence-corrected chi connectivity index (χ4v) is 3.75. The first-order valence-electron chi connectivity index (χ1n) is 11.1. The highest BCUT2D eigenvalue weighted by Crippen LogP contribution is 2.37. The third kappa shape index (κ3) is 5.13. The highest BCUT2D eigenvalue weighted by molar-refractivity contribution is 5.84. The van der Waals surface area contributed by atoms with E-state index in [0.717, 1.165) is 10.9 Å². The molecule has 210 valence electrons. The lowest BCUT2D eigenvalue weighted by molar-refractivity contribution is -0.189. The highest BCUT2D eigenvalue weighted by Gasteiger charge is 2.41. The normalized spacial score (nSPS) is 11.6. The summed E-state index contributed by atoms with van der Waals surface area (Å²) in [7, 11) is 0. The first-order chi connectivity index (χ1) is 19.3. The van der Waals surface area contributed by atoms with Gasteiger partial charge in [0.05, 0.1) is 0 Å². The topological polar surface area (TPSA) is 119 Å². The molecule has 0 spiro atoms. The number of alkyl halides is 2. The molecule has 3 aromatic carbocycles. The second-order valence-corrected chi connectivity index (χ2v) is 8.25. The molecule has 0 saturated carbocycles. The Hall–Kier alpha value is -5.41. The summed E-state index contributed by atoms with van der Waals surface area (Å²) in [6.07, 6.45) is -4.90. The number of aromatic amines is 2. The van der Waals surface area contributed by atoms with E-state index in [0.29, 0.717) is 12.1 Å². The standard InChI is InChI=1S/C25H11F7N4O5/c26-14-5-11(6-15(27)18(14)25(31,32)41-13-7-16(28)19(30)17(29)8-13)10-1-3-12(4-2-10)40-24(39)36-9-33-20-21(36)34-23(38)35-22(20)37/h1-9H,(H2,34,35,37,38). The number of carbonyl (C=O) groups is 1. The Morgan fingerprint density at radius 3 is 2.02 bits per heavy atom. The maximum atomic E-state index is 14.7. The van der Waals surface area contributed by atoms with Gasteiger partial charge in [-0.3, -0.25) is 14.8 Å². The molecule has 0 bridgehead atoms. The maximum absolute atomic E-state index is 14.7. The van der Waals surface area contributed by atoms with Gasteiger partial charge < -0.3 is 9.47 Å². The summed E-state index contributed by atoms with van der Waals surface area (Å²) >= 11 is 0. The van der Waals surface area contributed by atoms with Crippen molar-refractivity contribution in [2.45, 2.75) is 6.11 Å². The van der Waals surface area contributed by atoms with Crippen LogP contribution in [0.4, 0.5) is 35.5 Å². The molecule has 0 unspecified atom stereocenters. The number of nitrogens with zero attached hydrogens (tertiary/aromatic N) is 2. The molecular formula is C25H11F7N4O5. The number of imidazole rings is 1. The largest absolute Gasteiger partial charge is 0.432 e. The lowest BCUT2D eigenvalue weighted by Crippen LogP contribution is -2.25. The number of aromatic nitrogens is 4. The number of nitrogens with one attached hydrogen (secondary N) is 2. The number of hydrogen-bond acceptors (Lipinski definition) is 6. The first-order valence-corrected chi connectivity index (χ1v) is 11.1. The molecule has 0 radical (unpaired) electrons. The Balaban J connectivity index is 1.37. The van der Waals surface area contributed by atoms with E-state index in [4.69, 9.17) is 4.74 Å². The smallest absolute Gasteiger partial charge is 0.429 e. The van der Waals surface area contributed by atoms with Crippen LogP contribution in [0.2, 0.25) is 0 Å². The van der Waals surface area contributed by atoms with E-state index in [1.54, 1.807) is 0 Å². The molecule has 9 nitrogen and oxygen atoms in total. The van der Waals surface area contributed by atoms with Crippen molar-refractivity contribution in [3.05, 3.63) is 110 Å². The summed E-state index contributed by atoms with van der Waals surface area (Å²) in [6, 6.07) is 6.09. The molecule has 0 aliphatic carbocycles. The van der Waals surface area contributed by atoms with Gasteiger partial charge >= 0.3 is 17.9 Å². The van der Waals surface area contributed by atoms with Crippen molar-refractivity contribution >= 4 is 17.3 Å². The number of H-pyrrole nitrogens is 2. The number of fused-ring (bicyclic) bond motifs is 1. The van der Waals surface area contributed by atoms with Gasteiger partial charge in [-0.15, -0.1) is 0 Å². The SMILES string of the molecule is O=C(Oc1ccc(-c2cc(F)c(C(F)(F)Oc3cc(F)c(F)c(F)c3)c(F)c2)cc1)n1cnc2c(=O)[nH]c(=O)[nH]c21. The number of rotatable bonds is 5. The predicted octanol–water partition coefficient (Wildman–Crippen LogP) is 4.95. The summed E-state index contributed by atoms with van der Waals surface area (Å²) in [5, 5.41) is 0. The van der Waals surface area contributed by atoms with Gasteiger partial charge in [-0.05, 0) is 35.4 Å². The number of benzene rings is 3. The van der Waals surface area contributed by atoms with Crippen LogP contribution in [0.5, 0.6) is 11.5 Å². The van der Waals surface area contributed by atoms with Crippen LogP contribution in [0.25, 0.3) is 22.3 Å². The maximum Gasteiger partial charge on any atom is 0.432 e. The molecule has 0 aliphatic heterocycles. The van der Waals surface area contributed by atoms with Crippen LogP contribution < -0.4 is 20.7 Å². The number of ether oxygens (including phenoxy) is 2. The molecule has 41 heavy (non-hydrogen) atoms. The molecule has 2 heterocycles. The summed E-state index contributed by atoms with van der Waals surface area (Å²) in [6.45, 7) is 0. The van der Waals surface area contributed by atoms with Crippen LogP contribution >= 0.6 is 0 Å².